The van der Waals surface area contributed by atoms with Crippen LogP contribution >= 0.6 is 0 Å². The summed E-state index contributed by atoms with van der Waals surface area (Å²) in [5.74, 6) is 0.619. The highest BCUT2D eigenvalue weighted by molar-refractivity contribution is 5.93. The molecule has 0 aromatic heterocycles. The molecule has 0 N–H and O–H groups in total. The average Bonchev–Trinajstić information content (AvgIpc) is 1.85. The van der Waals surface area contributed by atoms with Crippen molar-refractivity contribution < 1.29 is 4.79 Å². The highest BCUT2D eigenvalue weighted by atomic mass is 16.1. The summed E-state index contributed by atoms with van der Waals surface area (Å²) in [5.41, 5.74) is 1.20. The van der Waals surface area contributed by atoms with Gasteiger partial charge < -0.3 is 0 Å². The van der Waals surface area contributed by atoms with Gasteiger partial charge >= 0.3 is 0 Å². The molecule has 0 aliphatic heterocycles. The van der Waals surface area contributed by atoms with Crippen LogP contribution in [0, 0.1) is 11.3 Å². The van der Waals surface area contributed by atoms with Gasteiger partial charge in [0.25, 0.3) is 0 Å². The van der Waals surface area contributed by atoms with Crippen molar-refractivity contribution in [3.8, 4) is 0 Å². The molecule has 1 aliphatic rings. The van der Waals surface area contributed by atoms with E-state index in [1.54, 1.807) is 0 Å². The van der Waals surface area contributed by atoms with Crippen molar-refractivity contribution in [2.45, 2.75) is 34.1 Å². The standard InChI is InChI=1S/C10H16O/c1-7(2)5-8-6-10(3,4)9(8)11/h5,8H,6H2,1-4H3. The Morgan fingerprint density at radius 2 is 2.09 bits per heavy atom. The van der Waals surface area contributed by atoms with E-state index < -0.39 is 0 Å². The van der Waals surface area contributed by atoms with Gasteiger partial charge in [0, 0.05) is 11.3 Å². The van der Waals surface area contributed by atoms with E-state index in [9.17, 15) is 4.79 Å². The van der Waals surface area contributed by atoms with Crippen LogP contribution in [0.25, 0.3) is 0 Å². The first kappa shape index (κ1) is 8.51. The minimum absolute atomic E-state index is 0.0450. The summed E-state index contributed by atoms with van der Waals surface area (Å²) in [7, 11) is 0. The normalized spacial score (nSPS) is 27.6. The van der Waals surface area contributed by atoms with Crippen LogP contribution in [0.3, 0.4) is 0 Å². The molecule has 0 aromatic carbocycles. The molecule has 0 heterocycles. The maximum Gasteiger partial charge on any atom is 0.145 e. The first-order valence-corrected chi connectivity index (χ1v) is 4.13. The van der Waals surface area contributed by atoms with Gasteiger partial charge in [-0.3, -0.25) is 4.79 Å². The third kappa shape index (κ3) is 1.52. The lowest BCUT2D eigenvalue weighted by molar-refractivity contribution is -0.140. The predicted octanol–water partition coefficient (Wildman–Crippen LogP) is 2.57. The number of carbonyl (C=O) groups is 1. The molecule has 1 saturated carbocycles. The maximum absolute atomic E-state index is 11.4. The zero-order valence-electron chi connectivity index (χ0n) is 7.77. The Kier molecular flexibility index (Phi) is 1.91. The summed E-state index contributed by atoms with van der Waals surface area (Å²) in [6, 6.07) is 0. The first-order chi connectivity index (χ1) is 4.93. The van der Waals surface area contributed by atoms with Crippen molar-refractivity contribution in [1.82, 2.24) is 0 Å². The van der Waals surface area contributed by atoms with Crippen molar-refractivity contribution in [3.63, 3.8) is 0 Å². The van der Waals surface area contributed by atoms with E-state index in [0.29, 0.717) is 5.78 Å². The highest BCUT2D eigenvalue weighted by Crippen LogP contribution is 2.41. The quantitative estimate of drug-likeness (QED) is 0.528. The Morgan fingerprint density at radius 1 is 1.55 bits per heavy atom. The summed E-state index contributed by atoms with van der Waals surface area (Å²) in [4.78, 5) is 11.4. The molecule has 11 heavy (non-hydrogen) atoms. The van der Waals surface area contributed by atoms with Gasteiger partial charge in [-0.25, -0.2) is 0 Å². The van der Waals surface area contributed by atoms with E-state index in [-0.39, 0.29) is 11.3 Å². The van der Waals surface area contributed by atoms with Gasteiger partial charge in [-0.1, -0.05) is 25.5 Å². The molecule has 1 rings (SSSR count). The molecule has 0 aromatic rings. The molecule has 1 aliphatic carbocycles. The van der Waals surface area contributed by atoms with Crippen LogP contribution in [0.15, 0.2) is 11.6 Å². The number of hydrogen-bond acceptors (Lipinski definition) is 1. The van der Waals surface area contributed by atoms with E-state index in [1.165, 1.54) is 5.57 Å². The van der Waals surface area contributed by atoms with Crippen molar-refractivity contribution in [2.75, 3.05) is 0 Å². The largest absolute Gasteiger partial charge is 0.298 e. The Bertz CT molecular complexity index is 207. The first-order valence-electron chi connectivity index (χ1n) is 4.13. The highest BCUT2D eigenvalue weighted by Gasteiger charge is 2.44. The van der Waals surface area contributed by atoms with Crippen molar-refractivity contribution in [1.29, 1.82) is 0 Å². The maximum atomic E-state index is 11.4. The van der Waals surface area contributed by atoms with Crippen molar-refractivity contribution in [2.24, 2.45) is 11.3 Å². The van der Waals surface area contributed by atoms with Crippen LogP contribution in [0.2, 0.25) is 0 Å². The Labute approximate surface area is 68.5 Å². The molecule has 1 heteroatoms. The van der Waals surface area contributed by atoms with Gasteiger partial charge in [0.1, 0.15) is 5.78 Å². The second-order valence-corrected chi connectivity index (χ2v) is 4.30. The molecule has 0 spiro atoms. The van der Waals surface area contributed by atoms with E-state index in [0.717, 1.165) is 6.42 Å². The minimum atomic E-state index is -0.0450. The van der Waals surface area contributed by atoms with Gasteiger partial charge in [-0.15, -0.1) is 0 Å². The van der Waals surface area contributed by atoms with E-state index in [4.69, 9.17) is 0 Å². The molecule has 1 fully saturated rings. The molecule has 1 nitrogen and oxygen atoms in total. The van der Waals surface area contributed by atoms with Crippen molar-refractivity contribution in [3.05, 3.63) is 11.6 Å². The second kappa shape index (κ2) is 2.47. The second-order valence-electron chi connectivity index (χ2n) is 4.30. The van der Waals surface area contributed by atoms with Crippen LogP contribution in [-0.2, 0) is 4.79 Å². The summed E-state index contributed by atoms with van der Waals surface area (Å²) in [6.07, 6.45) is 3.10. The molecule has 0 bridgehead atoms. The van der Waals surface area contributed by atoms with Gasteiger partial charge in [-0.05, 0) is 20.3 Å². The fourth-order valence-corrected chi connectivity index (χ4v) is 1.65. The number of hydrogen-bond donors (Lipinski definition) is 0. The molecular formula is C10H16O. The van der Waals surface area contributed by atoms with E-state index in [2.05, 4.69) is 6.08 Å². The third-order valence-electron chi connectivity index (χ3n) is 2.27. The van der Waals surface area contributed by atoms with E-state index >= 15 is 0 Å². The lowest BCUT2D eigenvalue weighted by Gasteiger charge is -2.39. The number of ketones is 1. The monoisotopic (exact) mass is 152 g/mol. The molecular weight excluding hydrogens is 136 g/mol. The molecule has 1 unspecified atom stereocenters. The number of Topliss-reactive ketones (excluding diaryl/α,β-unsaturated/α-hetero) is 1. The van der Waals surface area contributed by atoms with Gasteiger partial charge in [0.2, 0.25) is 0 Å². The Balaban J connectivity index is 2.60. The molecule has 1 atom stereocenters. The molecule has 62 valence electrons. The number of rotatable bonds is 1. The van der Waals surface area contributed by atoms with Crippen LogP contribution in [0.5, 0.6) is 0 Å². The zero-order valence-corrected chi connectivity index (χ0v) is 7.77. The van der Waals surface area contributed by atoms with Crippen molar-refractivity contribution >= 4 is 5.78 Å². The molecule has 0 radical (unpaired) electrons. The molecule has 0 amide bonds. The third-order valence-corrected chi connectivity index (χ3v) is 2.27. The summed E-state index contributed by atoms with van der Waals surface area (Å²) in [5, 5.41) is 0. The fourth-order valence-electron chi connectivity index (χ4n) is 1.65. The van der Waals surface area contributed by atoms with Gasteiger partial charge in [0.15, 0.2) is 0 Å². The Morgan fingerprint density at radius 3 is 2.36 bits per heavy atom. The topological polar surface area (TPSA) is 17.1 Å². The molecule has 0 saturated heterocycles. The van der Waals surface area contributed by atoms with Crippen LogP contribution in [0.1, 0.15) is 34.1 Å². The summed E-state index contributed by atoms with van der Waals surface area (Å²) >= 11 is 0. The van der Waals surface area contributed by atoms with Gasteiger partial charge in [0.05, 0.1) is 0 Å². The average molecular weight is 152 g/mol. The Hall–Kier alpha value is -0.590. The predicted molar refractivity (Wildman–Crippen MR) is 46.3 cm³/mol. The summed E-state index contributed by atoms with van der Waals surface area (Å²) < 4.78 is 0. The SMILES string of the molecule is CC(C)=CC1CC(C)(C)C1=O. The van der Waals surface area contributed by atoms with Crippen LogP contribution in [0.4, 0.5) is 0 Å². The number of allylic oxidation sites excluding steroid dienone is 2. The van der Waals surface area contributed by atoms with Crippen LogP contribution < -0.4 is 0 Å². The van der Waals surface area contributed by atoms with Crippen LogP contribution in [-0.4, -0.2) is 5.78 Å². The summed E-state index contributed by atoms with van der Waals surface area (Å²) in [6.45, 7) is 8.12. The van der Waals surface area contributed by atoms with E-state index in [1.807, 2.05) is 27.7 Å². The number of carbonyl (C=O) groups excluding carboxylic acids is 1. The lowest BCUT2D eigenvalue weighted by Crippen LogP contribution is -2.43. The zero-order chi connectivity index (χ0) is 8.65. The lowest BCUT2D eigenvalue weighted by atomic mass is 9.63. The van der Waals surface area contributed by atoms with Gasteiger partial charge in [-0.2, -0.15) is 0 Å². The smallest absolute Gasteiger partial charge is 0.145 e. The minimum Gasteiger partial charge on any atom is -0.298 e. The fraction of sp³-hybridized carbons (Fsp3) is 0.700.